The average molecular weight is 371 g/mol. The highest BCUT2D eigenvalue weighted by Gasteiger charge is 2.16. The molecule has 132 valence electrons. The monoisotopic (exact) mass is 371 g/mol. The SMILES string of the molecule is O=C(O)COCCNC(=O)COc1ccc(C2SCCCS2)cc1. The predicted octanol–water partition coefficient (Wildman–Crippen LogP) is 2.15. The molecule has 8 heteroatoms. The number of thioether (sulfide) groups is 2. The maximum absolute atomic E-state index is 11.6. The zero-order valence-electron chi connectivity index (χ0n) is 13.2. The van der Waals surface area contributed by atoms with Crippen LogP contribution >= 0.6 is 23.5 Å². The minimum absolute atomic E-state index is 0.0782. The molecule has 0 aliphatic carbocycles. The summed E-state index contributed by atoms with van der Waals surface area (Å²) in [6.07, 6.45) is 1.27. The first-order valence-corrected chi connectivity index (χ1v) is 9.77. The lowest BCUT2D eigenvalue weighted by molar-refractivity contribution is -0.142. The molecule has 0 atom stereocenters. The molecule has 24 heavy (non-hydrogen) atoms. The smallest absolute Gasteiger partial charge is 0.329 e. The van der Waals surface area contributed by atoms with Gasteiger partial charge in [-0.1, -0.05) is 12.1 Å². The Morgan fingerprint density at radius 2 is 1.88 bits per heavy atom. The van der Waals surface area contributed by atoms with Gasteiger partial charge in [-0.2, -0.15) is 0 Å². The zero-order chi connectivity index (χ0) is 17.2. The van der Waals surface area contributed by atoms with Crippen LogP contribution in [0.25, 0.3) is 0 Å². The van der Waals surface area contributed by atoms with E-state index in [2.05, 4.69) is 5.32 Å². The summed E-state index contributed by atoms with van der Waals surface area (Å²) in [4.78, 5) is 21.9. The first-order chi connectivity index (χ1) is 11.6. The third-order valence-electron chi connectivity index (χ3n) is 3.14. The summed E-state index contributed by atoms with van der Waals surface area (Å²) in [7, 11) is 0. The van der Waals surface area contributed by atoms with Gasteiger partial charge in [0.15, 0.2) is 6.61 Å². The quantitative estimate of drug-likeness (QED) is 0.643. The van der Waals surface area contributed by atoms with E-state index in [1.165, 1.54) is 23.5 Å². The number of carbonyl (C=O) groups is 2. The fourth-order valence-electron chi connectivity index (χ4n) is 2.02. The van der Waals surface area contributed by atoms with Crippen molar-refractivity contribution in [1.29, 1.82) is 0 Å². The molecule has 2 N–H and O–H groups in total. The number of nitrogens with one attached hydrogen (secondary N) is 1. The number of benzene rings is 1. The molecule has 1 aliphatic heterocycles. The van der Waals surface area contributed by atoms with Crippen molar-refractivity contribution in [1.82, 2.24) is 5.32 Å². The molecule has 1 fully saturated rings. The van der Waals surface area contributed by atoms with Crippen molar-refractivity contribution >= 4 is 35.4 Å². The molecule has 0 aromatic heterocycles. The summed E-state index contributed by atoms with van der Waals surface area (Å²) < 4.78 is 10.8. The Morgan fingerprint density at radius 1 is 1.17 bits per heavy atom. The Hall–Kier alpha value is -1.38. The van der Waals surface area contributed by atoms with Gasteiger partial charge in [0.05, 0.1) is 11.2 Å². The normalized spacial score (nSPS) is 15.0. The highest BCUT2D eigenvalue weighted by Crippen LogP contribution is 2.43. The van der Waals surface area contributed by atoms with E-state index in [1.54, 1.807) is 0 Å². The van der Waals surface area contributed by atoms with Crippen molar-refractivity contribution in [3.63, 3.8) is 0 Å². The number of carboxylic acid groups (broad SMARTS) is 1. The first-order valence-electron chi connectivity index (χ1n) is 7.67. The number of hydrogen-bond donors (Lipinski definition) is 2. The fourth-order valence-corrected chi connectivity index (χ4v) is 4.92. The Morgan fingerprint density at radius 3 is 2.54 bits per heavy atom. The standard InChI is InChI=1S/C16H21NO5S2/c18-14(17-6-7-21-11-15(19)20)10-22-13-4-2-12(3-5-13)16-23-8-1-9-24-16/h2-5,16H,1,6-11H2,(H,17,18)(H,19,20). The van der Waals surface area contributed by atoms with Crippen LogP contribution in [0.5, 0.6) is 5.75 Å². The highest BCUT2D eigenvalue weighted by molar-refractivity contribution is 8.16. The summed E-state index contributed by atoms with van der Waals surface area (Å²) in [5, 5.41) is 11.0. The van der Waals surface area contributed by atoms with Gasteiger partial charge in [-0.05, 0) is 35.6 Å². The number of hydrogen-bond acceptors (Lipinski definition) is 6. The maximum atomic E-state index is 11.6. The third kappa shape index (κ3) is 7.02. The Bertz CT molecular complexity index is 532. The molecule has 1 aliphatic rings. The number of ether oxygens (including phenoxy) is 2. The van der Waals surface area contributed by atoms with Gasteiger partial charge >= 0.3 is 5.97 Å². The van der Waals surface area contributed by atoms with Gasteiger partial charge in [0.25, 0.3) is 5.91 Å². The van der Waals surface area contributed by atoms with Crippen molar-refractivity contribution in [2.45, 2.75) is 11.0 Å². The van der Waals surface area contributed by atoms with E-state index in [1.807, 2.05) is 47.8 Å². The number of carboxylic acids is 1. The van der Waals surface area contributed by atoms with E-state index >= 15 is 0 Å². The van der Waals surface area contributed by atoms with Gasteiger partial charge in [-0.15, -0.1) is 23.5 Å². The number of aliphatic carboxylic acids is 1. The van der Waals surface area contributed by atoms with Crippen LogP contribution in [0.3, 0.4) is 0 Å². The molecule has 1 saturated heterocycles. The molecule has 0 bridgehead atoms. The summed E-state index contributed by atoms with van der Waals surface area (Å²) in [5.41, 5.74) is 1.28. The first kappa shape index (κ1) is 19.0. The largest absolute Gasteiger partial charge is 0.484 e. The van der Waals surface area contributed by atoms with Gasteiger partial charge in [0.1, 0.15) is 12.4 Å². The van der Waals surface area contributed by atoms with Crippen LogP contribution in [0.1, 0.15) is 16.6 Å². The van der Waals surface area contributed by atoms with Crippen LogP contribution in [-0.4, -0.2) is 54.9 Å². The second-order valence-corrected chi connectivity index (χ2v) is 7.81. The maximum Gasteiger partial charge on any atom is 0.329 e. The molecule has 1 aromatic carbocycles. The van der Waals surface area contributed by atoms with Gasteiger partial charge < -0.3 is 19.9 Å². The second-order valence-electron chi connectivity index (χ2n) is 5.08. The van der Waals surface area contributed by atoms with Gasteiger partial charge in [-0.25, -0.2) is 4.79 Å². The van der Waals surface area contributed by atoms with Crippen molar-refractivity contribution < 1.29 is 24.2 Å². The molecule has 6 nitrogen and oxygen atoms in total. The Kier molecular flexibility index (Phi) is 8.27. The molecular weight excluding hydrogens is 350 g/mol. The minimum atomic E-state index is -1.03. The topological polar surface area (TPSA) is 84.9 Å². The lowest BCUT2D eigenvalue weighted by Crippen LogP contribution is -2.32. The van der Waals surface area contributed by atoms with E-state index in [-0.39, 0.29) is 32.3 Å². The molecule has 2 rings (SSSR count). The van der Waals surface area contributed by atoms with E-state index in [4.69, 9.17) is 14.6 Å². The molecule has 0 spiro atoms. The van der Waals surface area contributed by atoms with Crippen LogP contribution in [0.4, 0.5) is 0 Å². The number of rotatable bonds is 9. The van der Waals surface area contributed by atoms with E-state index in [0.717, 1.165) is 0 Å². The molecule has 1 amide bonds. The van der Waals surface area contributed by atoms with Crippen molar-refractivity contribution in [2.24, 2.45) is 0 Å². The van der Waals surface area contributed by atoms with E-state index in [9.17, 15) is 9.59 Å². The van der Waals surface area contributed by atoms with Gasteiger partial charge in [-0.3, -0.25) is 4.79 Å². The molecule has 1 heterocycles. The Balaban J connectivity index is 1.64. The number of amides is 1. The molecular formula is C16H21NO5S2. The van der Waals surface area contributed by atoms with Crippen LogP contribution in [0, 0.1) is 0 Å². The number of carbonyl (C=O) groups excluding carboxylic acids is 1. The fraction of sp³-hybridized carbons (Fsp3) is 0.500. The van der Waals surface area contributed by atoms with Gasteiger partial charge in [0.2, 0.25) is 0 Å². The predicted molar refractivity (Wildman–Crippen MR) is 95.7 cm³/mol. The van der Waals surface area contributed by atoms with Crippen molar-refractivity contribution in [2.75, 3.05) is 37.9 Å². The highest BCUT2D eigenvalue weighted by atomic mass is 32.2. The zero-order valence-corrected chi connectivity index (χ0v) is 14.9. The molecule has 0 saturated carbocycles. The minimum Gasteiger partial charge on any atom is -0.484 e. The van der Waals surface area contributed by atoms with Crippen molar-refractivity contribution in [3.8, 4) is 5.75 Å². The van der Waals surface area contributed by atoms with Crippen LogP contribution in [-0.2, 0) is 14.3 Å². The Labute approximate surface area is 149 Å². The van der Waals surface area contributed by atoms with Crippen LogP contribution in [0.15, 0.2) is 24.3 Å². The van der Waals surface area contributed by atoms with E-state index in [0.29, 0.717) is 10.3 Å². The van der Waals surface area contributed by atoms with Crippen molar-refractivity contribution in [3.05, 3.63) is 29.8 Å². The lowest BCUT2D eigenvalue weighted by atomic mass is 10.2. The summed E-state index contributed by atoms with van der Waals surface area (Å²) in [5.74, 6) is 1.76. The lowest BCUT2D eigenvalue weighted by Gasteiger charge is -2.21. The van der Waals surface area contributed by atoms with Gasteiger partial charge in [0, 0.05) is 6.54 Å². The van der Waals surface area contributed by atoms with Crippen LogP contribution in [0.2, 0.25) is 0 Å². The van der Waals surface area contributed by atoms with E-state index < -0.39 is 5.97 Å². The second kappa shape index (κ2) is 10.5. The molecule has 1 aromatic rings. The summed E-state index contributed by atoms with van der Waals surface area (Å²) >= 11 is 3.93. The summed E-state index contributed by atoms with van der Waals surface area (Å²) in [6, 6.07) is 7.86. The average Bonchev–Trinajstić information content (AvgIpc) is 2.60. The van der Waals surface area contributed by atoms with Crippen LogP contribution < -0.4 is 10.1 Å². The molecule has 0 radical (unpaired) electrons. The molecule has 0 unspecified atom stereocenters. The third-order valence-corrected chi connectivity index (χ3v) is 6.16. The summed E-state index contributed by atoms with van der Waals surface area (Å²) in [6.45, 7) is -0.0323.